The second-order valence-corrected chi connectivity index (χ2v) is 7.45. The smallest absolute Gasteiger partial charge is 0.480 e. The molecule has 1 atom stereocenters. The van der Waals surface area contributed by atoms with Crippen LogP contribution in [0.1, 0.15) is 13.3 Å². The summed E-state index contributed by atoms with van der Waals surface area (Å²) in [6, 6.07) is 0.833. The Morgan fingerprint density at radius 2 is 1.65 bits per heavy atom. The Bertz CT molecular complexity index is 192. The number of carbonyl (C=O) groups is 1. The van der Waals surface area contributed by atoms with E-state index in [9.17, 15) is 4.79 Å². The molecule has 5 nitrogen and oxygen atoms in total. The highest BCUT2D eigenvalue weighted by atomic mass is 32.1. The Labute approximate surface area is 115 Å². The van der Waals surface area contributed by atoms with Crippen LogP contribution in [-0.4, -0.2) is 52.2 Å². The standard InChI is InChI=1S/C6H16O3SSi.C3H6O2S/c1-7-11(8-2,9-3)6-4-5-10;1-2(6)3(4)5/h10H,4-6H2,1-3H3;2,6H,1H3,(H,4,5). The quantitative estimate of drug-likeness (QED) is 0.492. The van der Waals surface area contributed by atoms with Crippen LogP contribution in [0.3, 0.4) is 0 Å². The molecule has 0 amide bonds. The van der Waals surface area contributed by atoms with Gasteiger partial charge in [-0.05, 0) is 19.1 Å². The van der Waals surface area contributed by atoms with Gasteiger partial charge >= 0.3 is 14.8 Å². The molecule has 0 bridgehead atoms. The van der Waals surface area contributed by atoms with Crippen molar-refractivity contribution in [3.05, 3.63) is 0 Å². The van der Waals surface area contributed by atoms with Gasteiger partial charge in [-0.15, -0.1) is 0 Å². The maximum absolute atomic E-state index is 9.62. The molecule has 0 rings (SSSR count). The molecule has 17 heavy (non-hydrogen) atoms. The van der Waals surface area contributed by atoms with E-state index in [4.69, 9.17) is 18.4 Å². The van der Waals surface area contributed by atoms with Crippen LogP contribution >= 0.6 is 25.3 Å². The molecule has 0 aliphatic rings. The Balaban J connectivity index is 0. The molecule has 0 radical (unpaired) electrons. The predicted octanol–water partition coefficient (Wildman–Crippen LogP) is 1.57. The van der Waals surface area contributed by atoms with E-state index in [2.05, 4.69) is 25.3 Å². The van der Waals surface area contributed by atoms with E-state index >= 15 is 0 Å². The number of rotatable bonds is 7. The summed E-state index contributed by atoms with van der Waals surface area (Å²) >= 11 is 7.70. The van der Waals surface area contributed by atoms with Crippen molar-refractivity contribution in [1.29, 1.82) is 0 Å². The number of carboxylic acids is 1. The largest absolute Gasteiger partial charge is 0.500 e. The summed E-state index contributed by atoms with van der Waals surface area (Å²) in [5, 5.41) is 7.38. The molecule has 0 aromatic heterocycles. The van der Waals surface area contributed by atoms with Crippen LogP contribution in [0.5, 0.6) is 0 Å². The summed E-state index contributed by atoms with van der Waals surface area (Å²) in [6.07, 6.45) is 0.963. The summed E-state index contributed by atoms with van der Waals surface area (Å²) in [5.74, 6) is -0.0384. The zero-order valence-corrected chi connectivity index (χ0v) is 13.5. The first kappa shape index (κ1) is 19.6. The zero-order chi connectivity index (χ0) is 13.9. The number of hydrogen-bond donors (Lipinski definition) is 3. The lowest BCUT2D eigenvalue weighted by molar-refractivity contribution is -0.136. The lowest BCUT2D eigenvalue weighted by atomic mass is 10.5. The maximum atomic E-state index is 9.62. The summed E-state index contributed by atoms with van der Waals surface area (Å²) in [7, 11) is 2.58. The van der Waals surface area contributed by atoms with Crippen LogP contribution in [0.4, 0.5) is 0 Å². The fourth-order valence-electron chi connectivity index (χ4n) is 0.852. The molecule has 1 N–H and O–H groups in total. The van der Waals surface area contributed by atoms with Crippen molar-refractivity contribution in [3.63, 3.8) is 0 Å². The topological polar surface area (TPSA) is 65.0 Å². The first-order valence-corrected chi connectivity index (χ1v) is 8.14. The lowest BCUT2D eigenvalue weighted by Gasteiger charge is -2.23. The van der Waals surface area contributed by atoms with Gasteiger partial charge in [-0.3, -0.25) is 4.79 Å². The predicted molar refractivity (Wildman–Crippen MR) is 76.1 cm³/mol. The first-order chi connectivity index (χ1) is 7.89. The zero-order valence-electron chi connectivity index (χ0n) is 10.7. The Morgan fingerprint density at radius 3 is 1.82 bits per heavy atom. The third kappa shape index (κ3) is 9.92. The second-order valence-electron chi connectivity index (χ2n) is 3.14. The van der Waals surface area contributed by atoms with E-state index in [0.717, 1.165) is 18.2 Å². The van der Waals surface area contributed by atoms with Gasteiger partial charge in [0.25, 0.3) is 0 Å². The Morgan fingerprint density at radius 1 is 1.29 bits per heavy atom. The molecule has 104 valence electrons. The Kier molecular flexibility index (Phi) is 13.1. The van der Waals surface area contributed by atoms with E-state index in [1.807, 2.05) is 0 Å². The maximum Gasteiger partial charge on any atom is 0.500 e. The monoisotopic (exact) mass is 302 g/mol. The van der Waals surface area contributed by atoms with Gasteiger partial charge < -0.3 is 18.4 Å². The minimum Gasteiger partial charge on any atom is -0.480 e. The molecule has 0 fully saturated rings. The summed E-state index contributed by atoms with van der Waals surface area (Å²) < 4.78 is 15.6. The molecule has 0 aliphatic heterocycles. The fourth-order valence-corrected chi connectivity index (χ4v) is 3.03. The molecule has 8 heteroatoms. The number of aliphatic carboxylic acids is 1. The van der Waals surface area contributed by atoms with E-state index in [0.29, 0.717) is 0 Å². The first-order valence-electron chi connectivity index (χ1n) is 5.06. The number of carboxylic acid groups (broad SMARTS) is 1. The van der Waals surface area contributed by atoms with Crippen molar-refractivity contribution in [2.45, 2.75) is 24.6 Å². The summed E-state index contributed by atoms with van der Waals surface area (Å²) in [5.41, 5.74) is 0. The van der Waals surface area contributed by atoms with E-state index < -0.39 is 20.0 Å². The van der Waals surface area contributed by atoms with Crippen LogP contribution in [-0.2, 0) is 18.1 Å². The Hall–Kier alpha value is 0.267. The second kappa shape index (κ2) is 11.4. The molecule has 1 unspecified atom stereocenters. The van der Waals surface area contributed by atoms with Gasteiger partial charge in [0.15, 0.2) is 0 Å². The van der Waals surface area contributed by atoms with Crippen LogP contribution in [0.15, 0.2) is 0 Å². The molecular formula is C9H22O5S2Si. The molecule has 0 aromatic rings. The van der Waals surface area contributed by atoms with E-state index in [-0.39, 0.29) is 0 Å². The van der Waals surface area contributed by atoms with Crippen LogP contribution in [0.25, 0.3) is 0 Å². The van der Waals surface area contributed by atoms with Crippen LogP contribution in [0.2, 0.25) is 6.04 Å². The average Bonchev–Trinajstić information content (AvgIpc) is 2.32. The van der Waals surface area contributed by atoms with Crippen LogP contribution < -0.4 is 0 Å². The minimum absolute atomic E-state index is 0.537. The van der Waals surface area contributed by atoms with Gasteiger partial charge in [0, 0.05) is 27.4 Å². The third-order valence-electron chi connectivity index (χ3n) is 1.93. The molecule has 0 saturated carbocycles. The van der Waals surface area contributed by atoms with Crippen molar-refractivity contribution in [1.82, 2.24) is 0 Å². The van der Waals surface area contributed by atoms with E-state index in [1.165, 1.54) is 6.92 Å². The van der Waals surface area contributed by atoms with Crippen LogP contribution in [0, 0.1) is 0 Å². The molecule has 0 heterocycles. The van der Waals surface area contributed by atoms with Gasteiger partial charge in [0.1, 0.15) is 0 Å². The summed E-state index contributed by atoms with van der Waals surface area (Å²) in [4.78, 5) is 9.62. The highest BCUT2D eigenvalue weighted by molar-refractivity contribution is 7.81. The van der Waals surface area contributed by atoms with Gasteiger partial charge in [0.2, 0.25) is 0 Å². The highest BCUT2D eigenvalue weighted by Crippen LogP contribution is 2.14. The molecule has 0 saturated heterocycles. The molecule has 0 aromatic carbocycles. The van der Waals surface area contributed by atoms with Crippen molar-refractivity contribution < 1.29 is 23.2 Å². The third-order valence-corrected chi connectivity index (χ3v) is 5.30. The van der Waals surface area contributed by atoms with Crippen molar-refractivity contribution >= 4 is 40.0 Å². The molecular weight excluding hydrogens is 280 g/mol. The number of thiol groups is 2. The van der Waals surface area contributed by atoms with Crippen molar-refractivity contribution in [2.75, 3.05) is 27.1 Å². The van der Waals surface area contributed by atoms with Gasteiger partial charge in [-0.2, -0.15) is 25.3 Å². The van der Waals surface area contributed by atoms with E-state index in [1.54, 1.807) is 21.3 Å². The number of hydrogen-bond acceptors (Lipinski definition) is 6. The normalized spacial score (nSPS) is 12.6. The van der Waals surface area contributed by atoms with Gasteiger partial charge in [-0.1, -0.05) is 0 Å². The minimum atomic E-state index is -2.29. The summed E-state index contributed by atoms with van der Waals surface area (Å²) in [6.45, 7) is 1.51. The average molecular weight is 302 g/mol. The van der Waals surface area contributed by atoms with Gasteiger partial charge in [0.05, 0.1) is 5.25 Å². The molecule has 0 aliphatic carbocycles. The van der Waals surface area contributed by atoms with Crippen molar-refractivity contribution in [3.8, 4) is 0 Å². The molecule has 0 spiro atoms. The fraction of sp³-hybridized carbons (Fsp3) is 0.889. The SMILES string of the molecule is CC(S)C(=O)O.CO[Si](CCCS)(OC)OC. The lowest BCUT2D eigenvalue weighted by Crippen LogP contribution is -2.42. The van der Waals surface area contributed by atoms with Gasteiger partial charge in [-0.25, -0.2) is 0 Å². The highest BCUT2D eigenvalue weighted by Gasteiger charge is 2.36. The van der Waals surface area contributed by atoms with Crippen molar-refractivity contribution in [2.24, 2.45) is 0 Å².